The van der Waals surface area contributed by atoms with E-state index in [2.05, 4.69) is 95.2 Å². The third-order valence-corrected chi connectivity index (χ3v) is 15.3. The van der Waals surface area contributed by atoms with Crippen molar-refractivity contribution >= 4 is 0 Å². The van der Waals surface area contributed by atoms with Crippen molar-refractivity contribution in [3.63, 3.8) is 0 Å². The predicted octanol–water partition coefficient (Wildman–Crippen LogP) is 16.1. The van der Waals surface area contributed by atoms with E-state index in [4.69, 9.17) is 0 Å². The van der Waals surface area contributed by atoms with Gasteiger partial charge in [0.25, 0.3) is 0 Å². The largest absolute Gasteiger partial charge is 0.103 e. The molecule has 0 amide bonds. The highest BCUT2D eigenvalue weighted by atomic mass is 14.4. The van der Waals surface area contributed by atoms with E-state index in [9.17, 15) is 0 Å². The molecule has 0 spiro atoms. The highest BCUT2D eigenvalue weighted by Crippen LogP contribution is 2.44. The molecular weight excluding hydrogens is 613 g/mol. The van der Waals surface area contributed by atoms with Gasteiger partial charge in [0.15, 0.2) is 0 Å². The van der Waals surface area contributed by atoms with Gasteiger partial charge in [-0.25, -0.2) is 0 Å². The summed E-state index contributed by atoms with van der Waals surface area (Å²) in [5.41, 5.74) is 0. The van der Waals surface area contributed by atoms with Gasteiger partial charge in [-0.3, -0.25) is 0 Å². The Morgan fingerprint density at radius 3 is 0.549 bits per heavy atom. The summed E-state index contributed by atoms with van der Waals surface area (Å²) in [7, 11) is 0. The summed E-state index contributed by atoms with van der Waals surface area (Å²) in [4.78, 5) is 0. The molecular formula is C51H84. The zero-order valence-electron chi connectivity index (χ0n) is 34.2. The summed E-state index contributed by atoms with van der Waals surface area (Å²) < 4.78 is 0. The van der Waals surface area contributed by atoms with Crippen molar-refractivity contribution < 1.29 is 0 Å². The zero-order valence-corrected chi connectivity index (χ0v) is 34.2. The molecule has 0 aromatic rings. The first kappa shape index (κ1) is 42.2. The van der Waals surface area contributed by atoms with E-state index in [0.29, 0.717) is 0 Å². The highest BCUT2D eigenvalue weighted by molar-refractivity contribution is 4.95. The lowest BCUT2D eigenvalue weighted by Gasteiger charge is -2.36. The summed E-state index contributed by atoms with van der Waals surface area (Å²) in [5, 5.41) is 0. The van der Waals surface area contributed by atoms with Crippen LogP contribution in [-0.4, -0.2) is 0 Å². The monoisotopic (exact) mass is 697 g/mol. The van der Waals surface area contributed by atoms with E-state index in [1.807, 2.05) is 0 Å². The summed E-state index contributed by atoms with van der Waals surface area (Å²) >= 11 is 0. The van der Waals surface area contributed by atoms with Gasteiger partial charge in [0.2, 0.25) is 0 Å². The van der Waals surface area contributed by atoms with Gasteiger partial charge in [0.05, 0.1) is 0 Å². The molecule has 0 aromatic carbocycles. The van der Waals surface area contributed by atoms with Crippen LogP contribution in [0.3, 0.4) is 0 Å². The Balaban J connectivity index is 0.000000172. The van der Waals surface area contributed by atoms with Crippen LogP contribution in [-0.2, 0) is 0 Å². The molecule has 6 aliphatic rings. The van der Waals surface area contributed by atoms with E-state index >= 15 is 0 Å². The molecule has 6 rings (SSSR count). The molecule has 0 heteroatoms. The Kier molecular flexibility index (Phi) is 19.8. The van der Waals surface area contributed by atoms with Crippen molar-refractivity contribution in [2.75, 3.05) is 0 Å². The average molecular weight is 697 g/mol. The second-order valence-corrected chi connectivity index (χ2v) is 18.3. The molecule has 0 nitrogen and oxygen atoms in total. The zero-order chi connectivity index (χ0) is 36.3. The van der Waals surface area contributed by atoms with Crippen LogP contribution in [0.4, 0.5) is 0 Å². The summed E-state index contributed by atoms with van der Waals surface area (Å²) in [6.07, 6.45) is 55.3. The van der Waals surface area contributed by atoms with E-state index in [-0.39, 0.29) is 0 Å². The molecule has 0 aliphatic heterocycles. The molecule has 6 saturated carbocycles. The summed E-state index contributed by atoms with van der Waals surface area (Å²) in [6.45, 7) is 18.3. The Morgan fingerprint density at radius 2 is 0.412 bits per heavy atom. The lowest BCUT2D eigenvalue weighted by molar-refractivity contribution is 0.166. The Labute approximate surface area is 319 Å². The molecule has 0 atom stereocenters. The molecule has 0 heterocycles. The second-order valence-electron chi connectivity index (χ2n) is 18.3. The number of rotatable bonds is 9. The summed E-state index contributed by atoms with van der Waals surface area (Å²) in [5.74, 6) is 11.4. The molecule has 51 heavy (non-hydrogen) atoms. The Morgan fingerprint density at radius 1 is 0.255 bits per heavy atom. The second kappa shape index (κ2) is 24.0. The first-order valence-corrected chi connectivity index (χ1v) is 22.8. The Bertz CT molecular complexity index is 952. The van der Waals surface area contributed by atoms with Crippen molar-refractivity contribution in [2.45, 2.75) is 175 Å². The highest BCUT2D eigenvalue weighted by Gasteiger charge is 2.32. The molecule has 0 N–H and O–H groups in total. The summed E-state index contributed by atoms with van der Waals surface area (Å²) in [6, 6.07) is 0. The van der Waals surface area contributed by atoms with Gasteiger partial charge in [-0.05, 0) is 246 Å². The van der Waals surface area contributed by atoms with Gasteiger partial charge in [0.1, 0.15) is 0 Å². The fourth-order valence-corrected chi connectivity index (χ4v) is 11.8. The van der Waals surface area contributed by atoms with Crippen molar-refractivity contribution in [3.8, 4) is 0 Å². The van der Waals surface area contributed by atoms with E-state index in [0.717, 1.165) is 71.0 Å². The van der Waals surface area contributed by atoms with Gasteiger partial charge in [-0.2, -0.15) is 0 Å². The van der Waals surface area contributed by atoms with Gasteiger partial charge >= 0.3 is 0 Å². The minimum Gasteiger partial charge on any atom is -0.103 e. The van der Waals surface area contributed by atoms with Crippen LogP contribution in [0.15, 0.2) is 74.4 Å². The van der Waals surface area contributed by atoms with Gasteiger partial charge < -0.3 is 0 Å². The first-order valence-electron chi connectivity index (χ1n) is 22.8. The van der Waals surface area contributed by atoms with Gasteiger partial charge in [-0.1, -0.05) is 54.7 Å². The fourth-order valence-electron chi connectivity index (χ4n) is 11.8. The molecule has 6 fully saturated rings. The minimum absolute atomic E-state index is 0.820. The van der Waals surface area contributed by atoms with Crippen LogP contribution in [0.25, 0.3) is 0 Å². The van der Waals surface area contributed by atoms with Gasteiger partial charge in [0, 0.05) is 0 Å². The van der Waals surface area contributed by atoms with Crippen molar-refractivity contribution in [3.05, 3.63) is 74.4 Å². The van der Waals surface area contributed by atoms with Crippen LogP contribution in [0, 0.1) is 71.0 Å². The molecule has 0 bridgehead atoms. The average Bonchev–Trinajstić information content (AvgIpc) is 3.20. The molecule has 0 radical (unpaired) electrons. The third-order valence-electron chi connectivity index (χ3n) is 15.3. The quantitative estimate of drug-likeness (QED) is 0.211. The lowest BCUT2D eigenvalue weighted by Crippen LogP contribution is -2.25. The van der Waals surface area contributed by atoms with Crippen LogP contribution in [0.5, 0.6) is 0 Å². The molecule has 6 aliphatic carbocycles. The number of hydrogen-bond acceptors (Lipinski definition) is 0. The lowest BCUT2D eigenvalue weighted by atomic mass is 9.69. The van der Waals surface area contributed by atoms with Gasteiger partial charge in [-0.15, -0.1) is 19.7 Å². The predicted molar refractivity (Wildman–Crippen MR) is 228 cm³/mol. The number of hydrogen-bond donors (Lipinski definition) is 0. The molecule has 0 aromatic heterocycles. The third kappa shape index (κ3) is 14.3. The van der Waals surface area contributed by atoms with Crippen LogP contribution >= 0.6 is 0 Å². The van der Waals surface area contributed by atoms with Crippen molar-refractivity contribution in [1.29, 1.82) is 0 Å². The molecule has 288 valence electrons. The maximum Gasteiger partial charge on any atom is -0.0233 e. The molecule has 0 saturated heterocycles. The molecule has 0 unspecified atom stereocenters. The van der Waals surface area contributed by atoms with Crippen molar-refractivity contribution in [2.24, 2.45) is 71.0 Å². The van der Waals surface area contributed by atoms with Crippen LogP contribution < -0.4 is 0 Å². The topological polar surface area (TPSA) is 0 Å². The van der Waals surface area contributed by atoms with E-state index < -0.39 is 0 Å². The smallest absolute Gasteiger partial charge is 0.0233 e. The fraction of sp³-hybridized carbons (Fsp3) is 0.765. The van der Waals surface area contributed by atoms with E-state index in [1.54, 1.807) is 0 Å². The van der Waals surface area contributed by atoms with E-state index in [1.165, 1.54) is 154 Å². The van der Waals surface area contributed by atoms with Crippen molar-refractivity contribution in [1.82, 2.24) is 0 Å². The maximum absolute atomic E-state index is 3.94. The Hall–Kier alpha value is -1.56. The van der Waals surface area contributed by atoms with Crippen LogP contribution in [0.2, 0.25) is 0 Å². The standard InChI is InChI=1S/C18H30.C17H28.C16H26/c1-3-5-15-7-11-17(12-8-15)18-13-9-16(6-4-2)10-14-18;1-3-5-15-8-12-17(13-9-15)16-10-6-14(4-2)7-11-16;1-3-13-5-9-15(10-6-13)16-11-7-14(4-2)8-12-16/h3-6,15-18H,7-14H2,1-2H3;3-5,14-17H,2,6-13H2,1H3;3-4,13-16H,1-2,5-12H2/b5-3+,6-4+;5-3+;. The maximum atomic E-state index is 3.94. The number of allylic oxidation sites excluding steroid dienone is 9. The normalized spacial score (nSPS) is 39.4. The SMILES string of the molecule is C/C=C/C1CCC(C2CCC(/C=C/C)CC2)CC1.C=CC1CCC(C2CCC(/C=C/C)CC2)CC1.C=CC1CCC(C2CCC(C=C)CC2)CC1. The minimum atomic E-state index is 0.820. The van der Waals surface area contributed by atoms with Crippen LogP contribution in [0.1, 0.15) is 175 Å². The first-order chi connectivity index (χ1) is 25.0.